The number of aromatic nitrogens is 3. The van der Waals surface area contributed by atoms with Gasteiger partial charge in [-0.05, 0) is 32.1 Å². The number of ether oxygens (including phenoxy) is 1. The van der Waals surface area contributed by atoms with Crippen molar-refractivity contribution in [3.8, 4) is 0 Å². The number of hydrogen-bond donors (Lipinski definition) is 1. The van der Waals surface area contributed by atoms with Crippen LogP contribution in [0.5, 0.6) is 0 Å². The van der Waals surface area contributed by atoms with E-state index in [-0.39, 0.29) is 0 Å². The second-order valence-corrected chi connectivity index (χ2v) is 5.31. The first-order valence-electron chi connectivity index (χ1n) is 6.94. The summed E-state index contributed by atoms with van der Waals surface area (Å²) in [5, 5.41) is 7.46. The summed E-state index contributed by atoms with van der Waals surface area (Å²) >= 11 is 0. The molecule has 2 aliphatic rings. The minimum absolute atomic E-state index is 0.355. The van der Waals surface area contributed by atoms with E-state index in [0.29, 0.717) is 12.0 Å². The highest BCUT2D eigenvalue weighted by atomic mass is 16.5. The first-order valence-corrected chi connectivity index (χ1v) is 6.94. The van der Waals surface area contributed by atoms with Crippen LogP contribution in [0.15, 0.2) is 0 Å². The molecule has 0 spiro atoms. The molecule has 1 unspecified atom stereocenters. The van der Waals surface area contributed by atoms with Crippen LogP contribution in [0.25, 0.3) is 0 Å². The number of H-pyrrole nitrogens is 1. The van der Waals surface area contributed by atoms with Crippen LogP contribution < -0.4 is 0 Å². The maximum atomic E-state index is 5.73. The Balaban J connectivity index is 1.59. The van der Waals surface area contributed by atoms with Gasteiger partial charge in [0.05, 0.1) is 6.10 Å². The Bertz CT molecular complexity index is 351. The number of hydrogen-bond acceptors (Lipinski definition) is 3. The first kappa shape index (κ1) is 11.2. The zero-order valence-corrected chi connectivity index (χ0v) is 10.3. The molecule has 2 fully saturated rings. The van der Waals surface area contributed by atoms with Crippen LogP contribution in [0.1, 0.15) is 62.5 Å². The zero-order chi connectivity index (χ0) is 11.5. The van der Waals surface area contributed by atoms with E-state index in [2.05, 4.69) is 15.2 Å². The lowest BCUT2D eigenvalue weighted by Crippen LogP contribution is -2.21. The quantitative estimate of drug-likeness (QED) is 0.876. The Morgan fingerprint density at radius 1 is 1.12 bits per heavy atom. The van der Waals surface area contributed by atoms with Gasteiger partial charge in [-0.15, -0.1) is 0 Å². The summed E-state index contributed by atoms with van der Waals surface area (Å²) < 4.78 is 5.73. The average molecular weight is 235 g/mol. The summed E-state index contributed by atoms with van der Waals surface area (Å²) in [6.45, 7) is 0.911. The molecule has 1 N–H and O–H groups in total. The Morgan fingerprint density at radius 2 is 1.94 bits per heavy atom. The lowest BCUT2D eigenvalue weighted by molar-refractivity contribution is 0.0157. The van der Waals surface area contributed by atoms with E-state index in [0.717, 1.165) is 24.7 Å². The van der Waals surface area contributed by atoms with Gasteiger partial charge in [-0.25, -0.2) is 4.98 Å². The molecule has 0 bridgehead atoms. The third-order valence-corrected chi connectivity index (χ3v) is 3.96. The largest absolute Gasteiger partial charge is 0.378 e. The van der Waals surface area contributed by atoms with Crippen LogP contribution in [-0.4, -0.2) is 27.9 Å². The fraction of sp³-hybridized carbons (Fsp3) is 0.846. The molecule has 1 saturated carbocycles. The summed E-state index contributed by atoms with van der Waals surface area (Å²) in [5.41, 5.74) is 0. The van der Waals surface area contributed by atoms with Gasteiger partial charge in [0.2, 0.25) is 0 Å². The van der Waals surface area contributed by atoms with Gasteiger partial charge in [0, 0.05) is 18.9 Å². The van der Waals surface area contributed by atoms with Crippen LogP contribution in [-0.2, 0) is 11.2 Å². The second-order valence-electron chi connectivity index (χ2n) is 5.31. The molecule has 1 aromatic heterocycles. The fourth-order valence-electron chi connectivity index (χ4n) is 2.95. The van der Waals surface area contributed by atoms with Crippen LogP contribution >= 0.6 is 0 Å². The number of aromatic amines is 1. The minimum Gasteiger partial charge on any atom is -0.378 e. The maximum Gasteiger partial charge on any atom is 0.153 e. The third kappa shape index (κ3) is 2.68. The predicted molar refractivity (Wildman–Crippen MR) is 64.9 cm³/mol. The number of nitrogens with zero attached hydrogens (tertiary/aromatic N) is 2. The Kier molecular flexibility index (Phi) is 3.41. The van der Waals surface area contributed by atoms with Gasteiger partial charge in [0.25, 0.3) is 0 Å². The van der Waals surface area contributed by atoms with Crippen molar-refractivity contribution >= 4 is 0 Å². The van der Waals surface area contributed by atoms with Crippen LogP contribution in [0.4, 0.5) is 0 Å². The highest BCUT2D eigenvalue weighted by Crippen LogP contribution is 2.32. The summed E-state index contributed by atoms with van der Waals surface area (Å²) in [5.74, 6) is 2.65. The average Bonchev–Trinajstić information content (AvgIpc) is 3.00. The van der Waals surface area contributed by atoms with Crippen molar-refractivity contribution in [2.45, 2.75) is 63.4 Å². The van der Waals surface area contributed by atoms with Crippen LogP contribution in [0.2, 0.25) is 0 Å². The van der Waals surface area contributed by atoms with Gasteiger partial charge in [-0.1, -0.05) is 12.8 Å². The fourth-order valence-corrected chi connectivity index (χ4v) is 2.95. The zero-order valence-electron chi connectivity index (χ0n) is 10.3. The lowest BCUT2D eigenvalue weighted by atomic mass is 10.1. The lowest BCUT2D eigenvalue weighted by Gasteiger charge is -2.21. The number of nitrogens with one attached hydrogen (secondary N) is 1. The van der Waals surface area contributed by atoms with E-state index in [4.69, 9.17) is 4.74 Å². The molecular weight excluding hydrogens is 214 g/mol. The van der Waals surface area contributed by atoms with Gasteiger partial charge in [0.1, 0.15) is 5.82 Å². The molecule has 1 saturated heterocycles. The standard InChI is InChI=1S/C13H21N3O/c1-2-6-10(5-1)13-14-12(15-16-13)9-11-7-3-4-8-17-11/h10-11H,1-9H2,(H,14,15,16). The molecule has 1 atom stereocenters. The molecule has 4 nitrogen and oxygen atoms in total. The number of rotatable bonds is 3. The Labute approximate surface area is 102 Å². The van der Waals surface area contributed by atoms with Crippen molar-refractivity contribution in [1.82, 2.24) is 15.2 Å². The molecule has 0 amide bonds. The van der Waals surface area contributed by atoms with Gasteiger partial charge >= 0.3 is 0 Å². The van der Waals surface area contributed by atoms with Crippen LogP contribution in [0.3, 0.4) is 0 Å². The van der Waals surface area contributed by atoms with E-state index in [1.54, 1.807) is 0 Å². The van der Waals surface area contributed by atoms with Crippen molar-refractivity contribution in [2.24, 2.45) is 0 Å². The smallest absolute Gasteiger partial charge is 0.153 e. The van der Waals surface area contributed by atoms with Crippen LogP contribution in [0, 0.1) is 0 Å². The van der Waals surface area contributed by atoms with Crippen molar-refractivity contribution in [1.29, 1.82) is 0 Å². The molecule has 2 heterocycles. The summed E-state index contributed by atoms with van der Waals surface area (Å²) in [6.07, 6.45) is 10.1. The highest BCUT2D eigenvalue weighted by molar-refractivity contribution is 5.00. The van der Waals surface area contributed by atoms with Crippen molar-refractivity contribution in [2.75, 3.05) is 6.61 Å². The molecule has 0 radical (unpaired) electrons. The van der Waals surface area contributed by atoms with E-state index in [9.17, 15) is 0 Å². The molecule has 0 aromatic carbocycles. The molecular formula is C13H21N3O. The molecule has 3 rings (SSSR count). The minimum atomic E-state index is 0.355. The van der Waals surface area contributed by atoms with Gasteiger partial charge in [-0.3, -0.25) is 5.10 Å². The molecule has 17 heavy (non-hydrogen) atoms. The third-order valence-electron chi connectivity index (χ3n) is 3.96. The summed E-state index contributed by atoms with van der Waals surface area (Å²) in [7, 11) is 0. The Morgan fingerprint density at radius 3 is 2.71 bits per heavy atom. The monoisotopic (exact) mass is 235 g/mol. The van der Waals surface area contributed by atoms with E-state index < -0.39 is 0 Å². The second kappa shape index (κ2) is 5.17. The van der Waals surface area contributed by atoms with E-state index >= 15 is 0 Å². The van der Waals surface area contributed by atoms with Crippen molar-refractivity contribution in [3.05, 3.63) is 11.6 Å². The predicted octanol–water partition coefficient (Wildman–Crippen LogP) is 2.57. The maximum absolute atomic E-state index is 5.73. The highest BCUT2D eigenvalue weighted by Gasteiger charge is 2.22. The normalized spacial score (nSPS) is 26.5. The van der Waals surface area contributed by atoms with E-state index in [1.807, 2.05) is 0 Å². The Hall–Kier alpha value is -0.900. The molecule has 1 aromatic rings. The van der Waals surface area contributed by atoms with Crippen molar-refractivity contribution in [3.63, 3.8) is 0 Å². The van der Waals surface area contributed by atoms with Gasteiger partial charge in [0.15, 0.2) is 5.82 Å². The topological polar surface area (TPSA) is 50.8 Å². The summed E-state index contributed by atoms with van der Waals surface area (Å²) in [6, 6.07) is 0. The summed E-state index contributed by atoms with van der Waals surface area (Å²) in [4.78, 5) is 4.64. The molecule has 1 aliphatic heterocycles. The van der Waals surface area contributed by atoms with E-state index in [1.165, 1.54) is 44.9 Å². The molecule has 4 heteroatoms. The van der Waals surface area contributed by atoms with Gasteiger partial charge in [-0.2, -0.15) is 5.10 Å². The van der Waals surface area contributed by atoms with Crippen molar-refractivity contribution < 1.29 is 4.74 Å². The van der Waals surface area contributed by atoms with Gasteiger partial charge < -0.3 is 4.74 Å². The SMILES string of the molecule is C1CCC(Cc2nc(C3CCCC3)n[nH]2)OC1. The molecule has 1 aliphatic carbocycles. The molecule has 94 valence electrons. The first-order chi connectivity index (χ1) is 8.42.